The molecule has 0 aromatic heterocycles. The maximum atomic E-state index is 2.33. The monoisotopic (exact) mass is 169 g/mol. The lowest BCUT2D eigenvalue weighted by atomic mass is 9.90. The summed E-state index contributed by atoms with van der Waals surface area (Å²) in [4.78, 5) is 2.33. The molecule has 0 N–H and O–H groups in total. The fraction of sp³-hybridized carbons (Fsp3) is 0.818. The highest BCUT2D eigenvalue weighted by molar-refractivity contribution is 5.08. The molecule has 0 bridgehead atoms. The summed E-state index contributed by atoms with van der Waals surface area (Å²) in [7, 11) is 2.16. The van der Waals surface area contributed by atoms with Gasteiger partial charge in [-0.15, -0.1) is 0 Å². The maximum Gasteiger partial charge on any atom is 0.0227 e. The van der Waals surface area contributed by atoms with Crippen LogP contribution in [0.25, 0.3) is 0 Å². The first-order valence-electron chi connectivity index (χ1n) is 4.70. The number of hydrogen-bond donors (Lipinski definition) is 0. The minimum absolute atomic E-state index is 0.258. The van der Waals surface area contributed by atoms with Gasteiger partial charge < -0.3 is 4.90 Å². The largest absolute Gasteiger partial charge is 0.375 e. The third kappa shape index (κ3) is 2.88. The predicted octanol–water partition coefficient (Wildman–Crippen LogP) is 3.28. The van der Waals surface area contributed by atoms with E-state index in [2.05, 4.69) is 59.6 Å². The molecule has 1 heteroatoms. The summed E-state index contributed by atoms with van der Waals surface area (Å²) >= 11 is 0. The molecule has 0 aromatic rings. The third-order valence-electron chi connectivity index (χ3n) is 2.20. The molecule has 12 heavy (non-hydrogen) atoms. The van der Waals surface area contributed by atoms with E-state index in [1.54, 1.807) is 0 Å². The van der Waals surface area contributed by atoms with Crippen molar-refractivity contribution in [1.29, 1.82) is 0 Å². The highest BCUT2D eigenvalue weighted by atomic mass is 15.1. The zero-order valence-corrected chi connectivity index (χ0v) is 9.60. The molecule has 0 radical (unpaired) electrons. The second kappa shape index (κ2) is 3.97. The van der Waals surface area contributed by atoms with Crippen LogP contribution in [0.5, 0.6) is 0 Å². The van der Waals surface area contributed by atoms with E-state index in [9.17, 15) is 0 Å². The van der Waals surface area contributed by atoms with Gasteiger partial charge in [0.15, 0.2) is 0 Å². The number of rotatable bonds is 2. The second-order valence-electron chi connectivity index (χ2n) is 4.63. The van der Waals surface area contributed by atoms with Crippen molar-refractivity contribution in [2.45, 2.75) is 47.6 Å². The first-order chi connectivity index (χ1) is 5.30. The van der Waals surface area contributed by atoms with Gasteiger partial charge >= 0.3 is 0 Å². The molecular weight excluding hydrogens is 146 g/mol. The summed E-state index contributed by atoms with van der Waals surface area (Å²) in [5.41, 5.74) is 1.67. The molecule has 0 fully saturated rings. The van der Waals surface area contributed by atoms with Gasteiger partial charge in [0.2, 0.25) is 0 Å². The summed E-state index contributed by atoms with van der Waals surface area (Å²) in [6.07, 6.45) is 2.21. The zero-order chi connectivity index (χ0) is 9.94. The Morgan fingerprint density at radius 3 is 1.75 bits per heavy atom. The smallest absolute Gasteiger partial charge is 0.0227 e. The van der Waals surface area contributed by atoms with E-state index in [-0.39, 0.29) is 5.41 Å². The van der Waals surface area contributed by atoms with Crippen LogP contribution >= 0.6 is 0 Å². The molecule has 0 saturated heterocycles. The Labute approximate surface area is 77.5 Å². The molecule has 0 amide bonds. The van der Waals surface area contributed by atoms with Gasteiger partial charge in [0.25, 0.3) is 0 Å². The number of hydrogen-bond acceptors (Lipinski definition) is 1. The fourth-order valence-electron chi connectivity index (χ4n) is 1.44. The Morgan fingerprint density at radius 1 is 1.25 bits per heavy atom. The van der Waals surface area contributed by atoms with E-state index in [1.165, 1.54) is 5.70 Å². The summed E-state index contributed by atoms with van der Waals surface area (Å²) < 4.78 is 0. The number of nitrogens with zero attached hydrogens (tertiary/aromatic N) is 1. The van der Waals surface area contributed by atoms with Gasteiger partial charge in [0.1, 0.15) is 0 Å². The van der Waals surface area contributed by atoms with Crippen molar-refractivity contribution >= 4 is 0 Å². The van der Waals surface area contributed by atoms with Gasteiger partial charge in [-0.05, 0) is 20.8 Å². The maximum absolute atomic E-state index is 2.33. The molecule has 0 rings (SSSR count). The van der Waals surface area contributed by atoms with Crippen molar-refractivity contribution in [3.8, 4) is 0 Å². The molecular formula is C11H23N. The van der Waals surface area contributed by atoms with Gasteiger partial charge in [0, 0.05) is 24.2 Å². The van der Waals surface area contributed by atoms with Crippen LogP contribution in [0.1, 0.15) is 41.5 Å². The molecule has 0 aromatic carbocycles. The van der Waals surface area contributed by atoms with Crippen molar-refractivity contribution in [2.24, 2.45) is 5.41 Å². The van der Waals surface area contributed by atoms with Crippen molar-refractivity contribution in [1.82, 2.24) is 4.90 Å². The molecule has 0 aliphatic carbocycles. The van der Waals surface area contributed by atoms with Gasteiger partial charge in [-0.3, -0.25) is 0 Å². The lowest BCUT2D eigenvalue weighted by Gasteiger charge is -2.35. The standard InChI is InChI=1S/C11H23N/c1-8-10(11(4,5)6)12(7)9(2)3/h8-9H,1-7H3/b10-8-. The zero-order valence-electron chi connectivity index (χ0n) is 9.60. The average Bonchev–Trinajstić information content (AvgIpc) is 1.85. The predicted molar refractivity (Wildman–Crippen MR) is 56.1 cm³/mol. The average molecular weight is 169 g/mol. The highest BCUT2D eigenvalue weighted by Crippen LogP contribution is 2.28. The molecule has 0 aliphatic heterocycles. The SMILES string of the molecule is C/C=C(\N(C)C(C)C)C(C)(C)C. The highest BCUT2D eigenvalue weighted by Gasteiger charge is 2.20. The minimum atomic E-state index is 0.258. The molecule has 0 unspecified atom stereocenters. The Morgan fingerprint density at radius 2 is 1.67 bits per heavy atom. The van der Waals surface area contributed by atoms with Crippen molar-refractivity contribution in [2.75, 3.05) is 7.05 Å². The molecule has 0 saturated carbocycles. The minimum Gasteiger partial charge on any atom is -0.375 e. The Bertz CT molecular complexity index is 160. The van der Waals surface area contributed by atoms with Crippen LogP contribution < -0.4 is 0 Å². The van der Waals surface area contributed by atoms with Gasteiger partial charge in [0.05, 0.1) is 0 Å². The molecule has 0 spiro atoms. The second-order valence-corrected chi connectivity index (χ2v) is 4.63. The lowest BCUT2D eigenvalue weighted by Crippen LogP contribution is -2.32. The first kappa shape index (κ1) is 11.5. The van der Waals surface area contributed by atoms with Crippen LogP contribution in [-0.2, 0) is 0 Å². The van der Waals surface area contributed by atoms with Crippen molar-refractivity contribution < 1.29 is 0 Å². The molecule has 0 atom stereocenters. The van der Waals surface area contributed by atoms with E-state index in [4.69, 9.17) is 0 Å². The molecule has 0 aliphatic rings. The Kier molecular flexibility index (Phi) is 3.82. The first-order valence-corrected chi connectivity index (χ1v) is 4.70. The summed E-state index contributed by atoms with van der Waals surface area (Å²) in [6, 6.07) is 0.579. The molecule has 1 nitrogen and oxygen atoms in total. The van der Waals surface area contributed by atoms with Crippen LogP contribution in [0.4, 0.5) is 0 Å². The summed E-state index contributed by atoms with van der Waals surface area (Å²) in [5, 5.41) is 0. The Balaban J connectivity index is 4.60. The van der Waals surface area contributed by atoms with E-state index < -0.39 is 0 Å². The van der Waals surface area contributed by atoms with E-state index in [0.717, 1.165) is 0 Å². The fourth-order valence-corrected chi connectivity index (χ4v) is 1.44. The van der Waals surface area contributed by atoms with Crippen LogP contribution in [-0.4, -0.2) is 18.0 Å². The lowest BCUT2D eigenvalue weighted by molar-refractivity contribution is 0.266. The Hall–Kier alpha value is -0.460. The summed E-state index contributed by atoms with van der Waals surface area (Å²) in [5.74, 6) is 0. The van der Waals surface area contributed by atoms with Crippen LogP contribution in [0.2, 0.25) is 0 Å². The van der Waals surface area contributed by atoms with Gasteiger partial charge in [-0.1, -0.05) is 26.8 Å². The van der Waals surface area contributed by atoms with Crippen molar-refractivity contribution in [3.63, 3.8) is 0 Å². The van der Waals surface area contributed by atoms with Crippen LogP contribution in [0, 0.1) is 5.41 Å². The molecule has 72 valence electrons. The van der Waals surface area contributed by atoms with E-state index in [1.807, 2.05) is 0 Å². The quantitative estimate of drug-likeness (QED) is 0.613. The van der Waals surface area contributed by atoms with Gasteiger partial charge in [-0.2, -0.15) is 0 Å². The normalized spacial score (nSPS) is 13.8. The topological polar surface area (TPSA) is 3.24 Å². The van der Waals surface area contributed by atoms with E-state index >= 15 is 0 Å². The third-order valence-corrected chi connectivity index (χ3v) is 2.20. The van der Waals surface area contributed by atoms with E-state index in [0.29, 0.717) is 6.04 Å². The van der Waals surface area contributed by atoms with Gasteiger partial charge in [-0.25, -0.2) is 0 Å². The van der Waals surface area contributed by atoms with Crippen molar-refractivity contribution in [3.05, 3.63) is 11.8 Å². The van der Waals surface area contributed by atoms with Crippen LogP contribution in [0.15, 0.2) is 11.8 Å². The van der Waals surface area contributed by atoms with Crippen LogP contribution in [0.3, 0.4) is 0 Å². The molecule has 0 heterocycles. The summed E-state index contributed by atoms with van der Waals surface area (Å²) in [6.45, 7) is 13.3. The number of allylic oxidation sites excluding steroid dienone is 2.